The maximum atomic E-state index is 11.4. The Hall–Kier alpha value is -1.69. The van der Waals surface area contributed by atoms with Crippen molar-refractivity contribution in [3.63, 3.8) is 0 Å². The van der Waals surface area contributed by atoms with E-state index < -0.39 is 17.7 Å². The van der Waals surface area contributed by atoms with Crippen molar-refractivity contribution in [2.75, 3.05) is 0 Å². The van der Waals surface area contributed by atoms with Gasteiger partial charge in [-0.3, -0.25) is 4.79 Å². The summed E-state index contributed by atoms with van der Waals surface area (Å²) in [6.45, 7) is 2.11. The fraction of sp³-hybridized carbons (Fsp3) is 0.500. The number of carboxylic acid groups (broad SMARTS) is 2. The molecule has 1 heterocycles. The monoisotopic (exact) mass is 296 g/mol. The number of carbonyl (C=O) groups is 3. The van der Waals surface area contributed by atoms with E-state index in [0.717, 1.165) is 29.7 Å². The van der Waals surface area contributed by atoms with Crippen LogP contribution in [0.2, 0.25) is 0 Å². The Balaban J connectivity index is 2.38. The standard InChI is InChI=1S/C14H16O5S/c1-2-7-3-4-8-10(5-7)20-11(12(8)14(18)19)6-9(15)13(16)17/h7H,2-6H2,1H3,(H,16,17)(H,18,19). The zero-order chi connectivity index (χ0) is 14.9. The van der Waals surface area contributed by atoms with Crippen LogP contribution in [0.15, 0.2) is 0 Å². The Morgan fingerprint density at radius 1 is 1.30 bits per heavy atom. The zero-order valence-corrected chi connectivity index (χ0v) is 12.0. The molecule has 0 aliphatic heterocycles. The summed E-state index contributed by atoms with van der Waals surface area (Å²) in [7, 11) is 0. The molecular formula is C14H16O5S. The number of aliphatic carboxylic acids is 1. The molecule has 1 aliphatic carbocycles. The highest BCUT2D eigenvalue weighted by molar-refractivity contribution is 7.12. The first-order valence-corrected chi connectivity index (χ1v) is 7.38. The van der Waals surface area contributed by atoms with Crippen molar-refractivity contribution in [3.8, 4) is 0 Å². The summed E-state index contributed by atoms with van der Waals surface area (Å²) < 4.78 is 0. The average molecular weight is 296 g/mol. The molecule has 0 spiro atoms. The number of Topliss-reactive ketones (excluding diaryl/α,β-unsaturated/α-hetero) is 1. The van der Waals surface area contributed by atoms with E-state index in [1.54, 1.807) is 0 Å². The number of carbonyl (C=O) groups excluding carboxylic acids is 1. The van der Waals surface area contributed by atoms with Gasteiger partial charge in [-0.1, -0.05) is 13.3 Å². The third kappa shape index (κ3) is 2.75. The molecular weight excluding hydrogens is 280 g/mol. The first-order chi connectivity index (χ1) is 9.43. The molecule has 1 aliphatic rings. The molecule has 2 N–H and O–H groups in total. The van der Waals surface area contributed by atoms with Crippen LogP contribution in [0, 0.1) is 5.92 Å². The van der Waals surface area contributed by atoms with Crippen LogP contribution in [0.5, 0.6) is 0 Å². The van der Waals surface area contributed by atoms with Crippen molar-refractivity contribution in [1.29, 1.82) is 0 Å². The van der Waals surface area contributed by atoms with Gasteiger partial charge in [-0.2, -0.15) is 0 Å². The Bertz CT molecular complexity index is 572. The molecule has 0 saturated carbocycles. The van der Waals surface area contributed by atoms with Gasteiger partial charge in [0.05, 0.1) is 12.0 Å². The van der Waals surface area contributed by atoms with E-state index in [-0.39, 0.29) is 12.0 Å². The van der Waals surface area contributed by atoms with Gasteiger partial charge < -0.3 is 10.2 Å². The van der Waals surface area contributed by atoms with E-state index in [4.69, 9.17) is 5.11 Å². The van der Waals surface area contributed by atoms with Gasteiger partial charge in [0.15, 0.2) is 0 Å². The fourth-order valence-electron chi connectivity index (χ4n) is 2.65. The van der Waals surface area contributed by atoms with Crippen molar-refractivity contribution >= 4 is 29.1 Å². The van der Waals surface area contributed by atoms with Gasteiger partial charge in [0.2, 0.25) is 5.78 Å². The van der Waals surface area contributed by atoms with Crippen LogP contribution in [0.3, 0.4) is 0 Å². The Kier molecular flexibility index (Phi) is 4.23. The van der Waals surface area contributed by atoms with Crippen LogP contribution in [0.25, 0.3) is 0 Å². The van der Waals surface area contributed by atoms with Gasteiger partial charge in [0.25, 0.3) is 0 Å². The molecule has 0 aromatic carbocycles. The Morgan fingerprint density at radius 2 is 2.00 bits per heavy atom. The molecule has 1 aromatic heterocycles. The number of thiophene rings is 1. The predicted molar refractivity (Wildman–Crippen MR) is 73.4 cm³/mol. The van der Waals surface area contributed by atoms with Crippen LogP contribution in [0.1, 0.15) is 45.4 Å². The van der Waals surface area contributed by atoms with Crippen LogP contribution >= 0.6 is 11.3 Å². The molecule has 0 radical (unpaired) electrons. The highest BCUT2D eigenvalue weighted by Crippen LogP contribution is 2.37. The number of aromatic carboxylic acids is 1. The van der Waals surface area contributed by atoms with Crippen molar-refractivity contribution in [2.24, 2.45) is 5.92 Å². The maximum absolute atomic E-state index is 11.4. The summed E-state index contributed by atoms with van der Waals surface area (Å²) in [6.07, 6.45) is 3.20. The third-order valence-corrected chi connectivity index (χ3v) is 5.05. The normalized spacial score (nSPS) is 17.6. The van der Waals surface area contributed by atoms with Crippen molar-refractivity contribution in [1.82, 2.24) is 0 Å². The van der Waals surface area contributed by atoms with E-state index in [0.29, 0.717) is 17.2 Å². The molecule has 108 valence electrons. The highest BCUT2D eigenvalue weighted by atomic mass is 32.1. The molecule has 2 rings (SSSR count). The van der Waals surface area contributed by atoms with E-state index in [2.05, 4.69) is 6.92 Å². The van der Waals surface area contributed by atoms with Crippen molar-refractivity contribution in [3.05, 3.63) is 20.9 Å². The lowest BCUT2D eigenvalue weighted by Gasteiger charge is -2.20. The van der Waals surface area contributed by atoms with E-state index in [1.807, 2.05) is 0 Å². The van der Waals surface area contributed by atoms with Gasteiger partial charge >= 0.3 is 11.9 Å². The Morgan fingerprint density at radius 3 is 2.55 bits per heavy atom. The summed E-state index contributed by atoms with van der Waals surface area (Å²) in [5.41, 5.74) is 0.967. The maximum Gasteiger partial charge on any atom is 0.372 e. The largest absolute Gasteiger partial charge is 0.478 e. The molecule has 1 atom stereocenters. The molecule has 5 nitrogen and oxygen atoms in total. The van der Waals surface area contributed by atoms with Crippen LogP contribution in [0.4, 0.5) is 0 Å². The number of carboxylic acids is 2. The molecule has 1 aromatic rings. The van der Waals surface area contributed by atoms with E-state index in [9.17, 15) is 19.5 Å². The fourth-order valence-corrected chi connectivity index (χ4v) is 4.11. The second kappa shape index (κ2) is 5.75. The van der Waals surface area contributed by atoms with Crippen LogP contribution in [-0.4, -0.2) is 27.9 Å². The number of fused-ring (bicyclic) bond motifs is 1. The number of hydrogen-bond acceptors (Lipinski definition) is 4. The lowest BCUT2D eigenvalue weighted by molar-refractivity contribution is -0.148. The summed E-state index contributed by atoms with van der Waals surface area (Å²) in [5.74, 6) is -2.99. The molecule has 0 saturated heterocycles. The third-order valence-electron chi connectivity index (χ3n) is 3.79. The van der Waals surface area contributed by atoms with E-state index in [1.165, 1.54) is 11.3 Å². The van der Waals surface area contributed by atoms with E-state index >= 15 is 0 Å². The molecule has 0 bridgehead atoms. The predicted octanol–water partition coefficient (Wildman–Crippen LogP) is 2.16. The molecule has 0 fully saturated rings. The molecule has 0 amide bonds. The van der Waals surface area contributed by atoms with Gasteiger partial charge in [-0.25, -0.2) is 9.59 Å². The average Bonchev–Trinajstić information content (AvgIpc) is 2.75. The van der Waals surface area contributed by atoms with Gasteiger partial charge in [-0.15, -0.1) is 11.3 Å². The minimum absolute atomic E-state index is 0.161. The summed E-state index contributed by atoms with van der Waals surface area (Å²) >= 11 is 1.29. The lowest BCUT2D eigenvalue weighted by Crippen LogP contribution is -2.17. The SMILES string of the molecule is CCC1CCc2c(sc(CC(=O)C(=O)O)c2C(=O)O)C1. The van der Waals surface area contributed by atoms with Gasteiger partial charge in [0.1, 0.15) is 0 Å². The minimum atomic E-state index is -1.51. The quantitative estimate of drug-likeness (QED) is 0.812. The topological polar surface area (TPSA) is 91.7 Å². The van der Waals surface area contributed by atoms with Crippen molar-refractivity contribution in [2.45, 2.75) is 39.0 Å². The minimum Gasteiger partial charge on any atom is -0.478 e. The number of rotatable bonds is 5. The van der Waals surface area contributed by atoms with Crippen molar-refractivity contribution < 1.29 is 24.6 Å². The second-order valence-electron chi connectivity index (χ2n) is 5.03. The smallest absolute Gasteiger partial charge is 0.372 e. The Labute approximate surface area is 120 Å². The number of ketones is 1. The summed E-state index contributed by atoms with van der Waals surface area (Å²) in [6, 6.07) is 0. The van der Waals surface area contributed by atoms with Crippen LogP contribution < -0.4 is 0 Å². The first-order valence-electron chi connectivity index (χ1n) is 6.56. The summed E-state index contributed by atoms with van der Waals surface area (Å²) in [4.78, 5) is 34.8. The number of hydrogen-bond donors (Lipinski definition) is 2. The molecule has 6 heteroatoms. The van der Waals surface area contributed by atoms with Gasteiger partial charge in [0, 0.05) is 9.75 Å². The molecule has 20 heavy (non-hydrogen) atoms. The first kappa shape index (κ1) is 14.7. The second-order valence-corrected chi connectivity index (χ2v) is 6.22. The lowest BCUT2D eigenvalue weighted by atomic mass is 9.85. The molecule has 1 unspecified atom stereocenters. The highest BCUT2D eigenvalue weighted by Gasteiger charge is 2.29. The summed E-state index contributed by atoms with van der Waals surface area (Å²) in [5, 5.41) is 18.0. The van der Waals surface area contributed by atoms with Crippen LogP contribution in [-0.2, 0) is 28.9 Å². The van der Waals surface area contributed by atoms with Gasteiger partial charge in [-0.05, 0) is 30.7 Å². The zero-order valence-electron chi connectivity index (χ0n) is 11.1.